The summed E-state index contributed by atoms with van der Waals surface area (Å²) in [5, 5.41) is 8.60. The van der Waals surface area contributed by atoms with Gasteiger partial charge in [-0.1, -0.05) is 0 Å². The standard InChI is InChI=1S/C11H22N2O3/c1-12-2-6-16-11-9-13(8-10(11)12)3-5-15-7-4-14/h10-11,14H,2-9H2,1H3. The monoisotopic (exact) mass is 230 g/mol. The van der Waals surface area contributed by atoms with E-state index in [-0.39, 0.29) is 6.61 Å². The van der Waals surface area contributed by atoms with Crippen molar-refractivity contribution in [2.75, 3.05) is 59.7 Å². The number of ether oxygens (including phenoxy) is 2. The summed E-state index contributed by atoms with van der Waals surface area (Å²) in [7, 11) is 2.17. The van der Waals surface area contributed by atoms with Crippen molar-refractivity contribution in [3.05, 3.63) is 0 Å². The van der Waals surface area contributed by atoms with Gasteiger partial charge in [0.15, 0.2) is 0 Å². The van der Waals surface area contributed by atoms with Crippen LogP contribution in [0.5, 0.6) is 0 Å². The van der Waals surface area contributed by atoms with E-state index < -0.39 is 0 Å². The second-order valence-corrected chi connectivity index (χ2v) is 4.55. The second kappa shape index (κ2) is 5.93. The Balaban J connectivity index is 1.70. The topological polar surface area (TPSA) is 45.2 Å². The molecule has 5 heteroatoms. The summed E-state index contributed by atoms with van der Waals surface area (Å²) in [4.78, 5) is 4.78. The Morgan fingerprint density at radius 3 is 3.00 bits per heavy atom. The van der Waals surface area contributed by atoms with Gasteiger partial charge >= 0.3 is 0 Å². The molecule has 94 valence electrons. The summed E-state index contributed by atoms with van der Waals surface area (Å²) in [5.74, 6) is 0. The van der Waals surface area contributed by atoms with Crippen molar-refractivity contribution < 1.29 is 14.6 Å². The molecule has 2 unspecified atom stereocenters. The van der Waals surface area contributed by atoms with Crippen LogP contribution in [0.2, 0.25) is 0 Å². The molecule has 2 aliphatic heterocycles. The lowest BCUT2D eigenvalue weighted by molar-refractivity contribution is -0.0371. The molecule has 1 N–H and O–H groups in total. The van der Waals surface area contributed by atoms with Gasteiger partial charge in [0.2, 0.25) is 0 Å². The molecular formula is C11H22N2O3. The molecule has 0 radical (unpaired) electrons. The predicted octanol–water partition coefficient (Wildman–Crippen LogP) is -0.990. The van der Waals surface area contributed by atoms with Gasteiger partial charge < -0.3 is 14.6 Å². The number of rotatable bonds is 5. The van der Waals surface area contributed by atoms with Crippen LogP contribution in [-0.4, -0.2) is 86.7 Å². The van der Waals surface area contributed by atoms with Crippen LogP contribution in [0, 0.1) is 0 Å². The quantitative estimate of drug-likeness (QED) is 0.615. The molecule has 0 aliphatic carbocycles. The van der Waals surface area contributed by atoms with E-state index in [0.29, 0.717) is 25.4 Å². The molecule has 2 fully saturated rings. The van der Waals surface area contributed by atoms with Gasteiger partial charge in [0.05, 0.1) is 32.5 Å². The molecule has 2 atom stereocenters. The molecular weight excluding hydrogens is 208 g/mol. The Hall–Kier alpha value is -0.200. The van der Waals surface area contributed by atoms with E-state index in [1.807, 2.05) is 0 Å². The van der Waals surface area contributed by atoms with Gasteiger partial charge in [0.1, 0.15) is 0 Å². The molecule has 0 spiro atoms. The minimum atomic E-state index is 0.108. The van der Waals surface area contributed by atoms with Gasteiger partial charge in [-0.05, 0) is 7.05 Å². The maximum Gasteiger partial charge on any atom is 0.0869 e. The van der Waals surface area contributed by atoms with E-state index in [1.54, 1.807) is 0 Å². The molecule has 0 aromatic heterocycles. The number of hydrogen-bond acceptors (Lipinski definition) is 5. The molecule has 16 heavy (non-hydrogen) atoms. The highest BCUT2D eigenvalue weighted by atomic mass is 16.5. The molecule has 0 amide bonds. The van der Waals surface area contributed by atoms with Gasteiger partial charge in [-0.3, -0.25) is 9.80 Å². The minimum Gasteiger partial charge on any atom is -0.394 e. The number of nitrogens with zero attached hydrogens (tertiary/aromatic N) is 2. The SMILES string of the molecule is CN1CCOC2CN(CCOCCO)CC21. The molecule has 2 aliphatic rings. The molecule has 2 saturated heterocycles. The number of aliphatic hydroxyl groups excluding tert-OH is 1. The summed E-state index contributed by atoms with van der Waals surface area (Å²) in [6.07, 6.45) is 0.372. The van der Waals surface area contributed by atoms with E-state index in [1.165, 1.54) is 0 Å². The van der Waals surface area contributed by atoms with Crippen LogP contribution in [-0.2, 0) is 9.47 Å². The van der Waals surface area contributed by atoms with E-state index in [9.17, 15) is 0 Å². The summed E-state index contributed by atoms with van der Waals surface area (Å²) in [5.41, 5.74) is 0. The van der Waals surface area contributed by atoms with Crippen molar-refractivity contribution in [3.8, 4) is 0 Å². The zero-order valence-corrected chi connectivity index (χ0v) is 9.97. The number of morpholine rings is 1. The maximum absolute atomic E-state index is 8.60. The van der Waals surface area contributed by atoms with E-state index >= 15 is 0 Å². The molecule has 0 aromatic carbocycles. The zero-order valence-electron chi connectivity index (χ0n) is 9.97. The fraction of sp³-hybridized carbons (Fsp3) is 1.00. The van der Waals surface area contributed by atoms with Crippen molar-refractivity contribution in [2.24, 2.45) is 0 Å². The van der Waals surface area contributed by atoms with Crippen LogP contribution in [0.4, 0.5) is 0 Å². The molecule has 0 aromatic rings. The number of fused-ring (bicyclic) bond motifs is 1. The van der Waals surface area contributed by atoms with Gasteiger partial charge in [0.25, 0.3) is 0 Å². The summed E-state index contributed by atoms with van der Waals surface area (Å²) in [6.45, 7) is 6.16. The largest absolute Gasteiger partial charge is 0.394 e. The normalized spacial score (nSPS) is 31.9. The van der Waals surface area contributed by atoms with E-state index in [4.69, 9.17) is 14.6 Å². The highest BCUT2D eigenvalue weighted by molar-refractivity contribution is 4.93. The summed E-state index contributed by atoms with van der Waals surface area (Å²) < 4.78 is 11.0. The lowest BCUT2D eigenvalue weighted by Crippen LogP contribution is -2.48. The molecule has 5 nitrogen and oxygen atoms in total. The number of likely N-dealkylation sites (tertiary alicyclic amines) is 1. The van der Waals surface area contributed by atoms with Crippen LogP contribution in [0.25, 0.3) is 0 Å². The fourth-order valence-corrected chi connectivity index (χ4v) is 2.48. The number of likely N-dealkylation sites (N-methyl/N-ethyl adjacent to an activating group) is 1. The Kier molecular flexibility index (Phi) is 4.55. The van der Waals surface area contributed by atoms with Gasteiger partial charge in [-0.2, -0.15) is 0 Å². The lowest BCUT2D eigenvalue weighted by atomic mass is 10.1. The molecule has 0 saturated carbocycles. The van der Waals surface area contributed by atoms with Crippen LogP contribution in [0.3, 0.4) is 0 Å². The molecule has 0 bridgehead atoms. The van der Waals surface area contributed by atoms with Crippen LogP contribution in [0.15, 0.2) is 0 Å². The fourth-order valence-electron chi connectivity index (χ4n) is 2.48. The van der Waals surface area contributed by atoms with Gasteiger partial charge in [0, 0.05) is 32.2 Å². The second-order valence-electron chi connectivity index (χ2n) is 4.55. The molecule has 2 heterocycles. The predicted molar refractivity (Wildman–Crippen MR) is 60.5 cm³/mol. The van der Waals surface area contributed by atoms with Crippen molar-refractivity contribution in [3.63, 3.8) is 0 Å². The van der Waals surface area contributed by atoms with E-state index in [2.05, 4.69) is 16.8 Å². The third-order valence-electron chi connectivity index (χ3n) is 3.44. The summed E-state index contributed by atoms with van der Waals surface area (Å²) in [6, 6.07) is 0.548. The maximum atomic E-state index is 8.60. The van der Waals surface area contributed by atoms with Crippen LogP contribution < -0.4 is 0 Å². The first kappa shape index (κ1) is 12.3. The van der Waals surface area contributed by atoms with Crippen LogP contribution >= 0.6 is 0 Å². The Labute approximate surface area is 96.9 Å². The average molecular weight is 230 g/mol. The van der Waals surface area contributed by atoms with Crippen molar-refractivity contribution in [2.45, 2.75) is 12.1 Å². The minimum absolute atomic E-state index is 0.108. The average Bonchev–Trinajstić information content (AvgIpc) is 2.69. The van der Waals surface area contributed by atoms with E-state index in [0.717, 1.165) is 32.8 Å². The van der Waals surface area contributed by atoms with Crippen molar-refractivity contribution in [1.29, 1.82) is 0 Å². The summed E-state index contributed by atoms with van der Waals surface area (Å²) >= 11 is 0. The van der Waals surface area contributed by atoms with Crippen molar-refractivity contribution in [1.82, 2.24) is 9.80 Å². The van der Waals surface area contributed by atoms with Crippen molar-refractivity contribution >= 4 is 0 Å². The first-order chi connectivity index (χ1) is 7.81. The lowest BCUT2D eigenvalue weighted by Gasteiger charge is -2.33. The third-order valence-corrected chi connectivity index (χ3v) is 3.44. The molecule has 2 rings (SSSR count). The number of aliphatic hydroxyl groups is 1. The smallest absolute Gasteiger partial charge is 0.0869 e. The Morgan fingerprint density at radius 2 is 2.25 bits per heavy atom. The Bertz CT molecular complexity index is 215. The van der Waals surface area contributed by atoms with Gasteiger partial charge in [-0.15, -0.1) is 0 Å². The highest BCUT2D eigenvalue weighted by Crippen LogP contribution is 2.21. The third kappa shape index (κ3) is 2.93. The zero-order chi connectivity index (χ0) is 11.4. The van der Waals surface area contributed by atoms with Crippen LogP contribution in [0.1, 0.15) is 0 Å². The number of hydrogen-bond donors (Lipinski definition) is 1. The van der Waals surface area contributed by atoms with Gasteiger partial charge in [-0.25, -0.2) is 0 Å². The Morgan fingerprint density at radius 1 is 1.38 bits per heavy atom. The first-order valence-electron chi connectivity index (χ1n) is 6.04. The first-order valence-corrected chi connectivity index (χ1v) is 6.04. The highest BCUT2D eigenvalue weighted by Gasteiger charge is 2.38.